The third kappa shape index (κ3) is 5.24. The summed E-state index contributed by atoms with van der Waals surface area (Å²) >= 11 is 5.27. The largest absolute Gasteiger partial charge is 0.496 e. The van der Waals surface area contributed by atoms with Crippen LogP contribution in [-0.2, 0) is 11.4 Å². The molecular formula is C29H32FN3O4S. The zero-order valence-corrected chi connectivity index (χ0v) is 23.5. The van der Waals surface area contributed by atoms with Crippen molar-refractivity contribution in [2.24, 2.45) is 0 Å². The molecule has 1 heterocycles. The summed E-state index contributed by atoms with van der Waals surface area (Å²) in [5, 5.41) is 3.67. The lowest BCUT2D eigenvalue weighted by Gasteiger charge is -2.39. The van der Waals surface area contributed by atoms with E-state index in [9.17, 15) is 9.18 Å². The number of rotatable bonds is 6. The maximum Gasteiger partial charge on any atom is 0.264 e. The van der Waals surface area contributed by atoms with Gasteiger partial charge in [0.05, 0.1) is 18.5 Å². The van der Waals surface area contributed by atoms with Crippen LogP contribution >= 0.6 is 12.2 Å². The number of fused-ring (bicyclic) bond motifs is 1. The van der Waals surface area contributed by atoms with Gasteiger partial charge >= 0.3 is 0 Å². The van der Waals surface area contributed by atoms with Crippen molar-refractivity contribution < 1.29 is 23.4 Å². The summed E-state index contributed by atoms with van der Waals surface area (Å²) < 4.78 is 31.6. The van der Waals surface area contributed by atoms with E-state index in [1.54, 1.807) is 50.2 Å². The van der Waals surface area contributed by atoms with E-state index in [-0.39, 0.29) is 18.3 Å². The highest BCUT2D eigenvalue weighted by Crippen LogP contribution is 2.45. The second-order valence-electron chi connectivity index (χ2n) is 9.92. The van der Waals surface area contributed by atoms with E-state index in [4.69, 9.17) is 26.4 Å². The monoisotopic (exact) mass is 537 g/mol. The Labute approximate surface area is 228 Å². The van der Waals surface area contributed by atoms with E-state index in [0.29, 0.717) is 28.1 Å². The van der Waals surface area contributed by atoms with Crippen molar-refractivity contribution in [2.45, 2.75) is 32.9 Å². The minimum absolute atomic E-state index is 0.0850. The van der Waals surface area contributed by atoms with Crippen molar-refractivity contribution in [1.82, 2.24) is 4.90 Å². The van der Waals surface area contributed by atoms with Gasteiger partial charge < -0.3 is 29.3 Å². The van der Waals surface area contributed by atoms with Crippen LogP contribution in [0.3, 0.4) is 0 Å². The minimum atomic E-state index is -0.776. The maximum absolute atomic E-state index is 14.0. The molecular weight excluding hydrogens is 505 g/mol. The summed E-state index contributed by atoms with van der Waals surface area (Å²) in [5.74, 6) is 1.05. The lowest BCUT2D eigenvalue weighted by atomic mass is 9.91. The molecule has 200 valence electrons. The van der Waals surface area contributed by atoms with Crippen molar-refractivity contribution >= 4 is 34.7 Å². The molecule has 0 unspecified atom stereocenters. The maximum atomic E-state index is 14.0. The Bertz CT molecular complexity index is 1410. The number of methoxy groups -OCH3 is 1. The van der Waals surface area contributed by atoms with Crippen molar-refractivity contribution in [3.8, 4) is 28.4 Å². The van der Waals surface area contributed by atoms with E-state index in [0.717, 1.165) is 27.9 Å². The van der Waals surface area contributed by atoms with Gasteiger partial charge in [0.2, 0.25) is 0 Å². The quantitative estimate of drug-likeness (QED) is 0.400. The standard InChI is InChI=1S/C29H32FN3O4S/c1-17-8-9-18(30)14-24(17)36-16-22-20(12-13-23-26(22)33(6)27(34)29(2,3)31-23)21-11-10-19(15-25(21)35-7)37-28(38)32(4)5/h8-15,31H,16H2,1-7H3. The van der Waals surface area contributed by atoms with Gasteiger partial charge in [-0.3, -0.25) is 4.79 Å². The molecule has 0 aromatic heterocycles. The van der Waals surface area contributed by atoms with E-state index in [2.05, 4.69) is 5.32 Å². The first kappa shape index (κ1) is 27.2. The second-order valence-corrected chi connectivity index (χ2v) is 10.3. The van der Waals surface area contributed by atoms with Crippen LogP contribution in [0.5, 0.6) is 17.2 Å². The van der Waals surface area contributed by atoms with Crippen LogP contribution in [0.15, 0.2) is 48.5 Å². The van der Waals surface area contributed by atoms with Gasteiger partial charge in [-0.1, -0.05) is 12.1 Å². The minimum Gasteiger partial charge on any atom is -0.496 e. The number of benzene rings is 3. The molecule has 3 aromatic rings. The van der Waals surface area contributed by atoms with Gasteiger partial charge in [-0.2, -0.15) is 0 Å². The van der Waals surface area contributed by atoms with Gasteiger partial charge in [0.15, 0.2) is 0 Å². The number of amides is 1. The predicted molar refractivity (Wildman–Crippen MR) is 152 cm³/mol. The third-order valence-electron chi connectivity index (χ3n) is 6.46. The fraction of sp³-hybridized carbons (Fsp3) is 0.310. The van der Waals surface area contributed by atoms with Crippen LogP contribution in [0.1, 0.15) is 25.0 Å². The third-order valence-corrected chi connectivity index (χ3v) is 6.91. The molecule has 0 atom stereocenters. The van der Waals surface area contributed by atoms with Crippen molar-refractivity contribution in [3.05, 3.63) is 65.5 Å². The van der Waals surface area contributed by atoms with Crippen LogP contribution in [0.25, 0.3) is 11.1 Å². The molecule has 3 aromatic carbocycles. The Hall–Kier alpha value is -3.85. The molecule has 0 aliphatic carbocycles. The SMILES string of the molecule is COc1cc(OC(=S)N(C)C)ccc1-c1ccc2c(c1COc1cc(F)ccc1C)N(C)C(=O)C(C)(C)N2. The van der Waals surface area contributed by atoms with Crippen LogP contribution in [-0.4, -0.2) is 49.8 Å². The van der Waals surface area contributed by atoms with Gasteiger partial charge in [0.1, 0.15) is 35.2 Å². The van der Waals surface area contributed by atoms with Crippen LogP contribution in [0, 0.1) is 12.7 Å². The Kier molecular flexibility index (Phi) is 7.51. The van der Waals surface area contributed by atoms with E-state index < -0.39 is 5.54 Å². The molecule has 0 bridgehead atoms. The molecule has 0 radical (unpaired) electrons. The molecule has 1 amide bonds. The van der Waals surface area contributed by atoms with Gasteiger partial charge in [-0.15, -0.1) is 0 Å². The van der Waals surface area contributed by atoms with Crippen LogP contribution < -0.4 is 24.4 Å². The van der Waals surface area contributed by atoms with Gasteiger partial charge in [0, 0.05) is 44.4 Å². The normalized spacial score (nSPS) is 13.9. The second kappa shape index (κ2) is 10.5. The van der Waals surface area contributed by atoms with E-state index >= 15 is 0 Å². The zero-order valence-electron chi connectivity index (χ0n) is 22.6. The molecule has 0 saturated carbocycles. The lowest BCUT2D eigenvalue weighted by molar-refractivity contribution is -0.121. The lowest BCUT2D eigenvalue weighted by Crippen LogP contribution is -2.52. The first-order valence-electron chi connectivity index (χ1n) is 12.1. The molecule has 0 spiro atoms. The summed E-state index contributed by atoms with van der Waals surface area (Å²) in [6, 6.07) is 13.8. The highest BCUT2D eigenvalue weighted by molar-refractivity contribution is 7.80. The summed E-state index contributed by atoms with van der Waals surface area (Å²) in [6.07, 6.45) is 0. The number of ether oxygens (including phenoxy) is 3. The fourth-order valence-electron chi connectivity index (χ4n) is 4.46. The van der Waals surface area contributed by atoms with Gasteiger partial charge in [-0.05, 0) is 68.4 Å². The average molecular weight is 538 g/mol. The predicted octanol–water partition coefficient (Wildman–Crippen LogP) is 5.78. The topological polar surface area (TPSA) is 63.3 Å². The average Bonchev–Trinajstić information content (AvgIpc) is 2.87. The first-order valence-corrected chi connectivity index (χ1v) is 12.5. The van der Waals surface area contributed by atoms with Gasteiger partial charge in [-0.25, -0.2) is 4.39 Å². The van der Waals surface area contributed by atoms with E-state index in [1.807, 2.05) is 45.0 Å². The Morgan fingerprint density at radius 1 is 1.08 bits per heavy atom. The summed E-state index contributed by atoms with van der Waals surface area (Å²) in [5.41, 5.74) is 3.85. The molecule has 1 aliphatic rings. The molecule has 0 fully saturated rings. The number of halogens is 1. The number of hydrogen-bond donors (Lipinski definition) is 1. The molecule has 4 rings (SSSR count). The van der Waals surface area contributed by atoms with Crippen molar-refractivity contribution in [2.75, 3.05) is 38.5 Å². The first-order chi connectivity index (χ1) is 17.9. The van der Waals surface area contributed by atoms with Crippen molar-refractivity contribution in [3.63, 3.8) is 0 Å². The smallest absolute Gasteiger partial charge is 0.264 e. The molecule has 9 heteroatoms. The molecule has 7 nitrogen and oxygen atoms in total. The highest BCUT2D eigenvalue weighted by atomic mass is 32.1. The number of nitrogens with zero attached hydrogens (tertiary/aromatic N) is 2. The summed E-state index contributed by atoms with van der Waals surface area (Å²) in [6.45, 7) is 5.63. The van der Waals surface area contributed by atoms with E-state index in [1.165, 1.54) is 12.1 Å². The Balaban J connectivity index is 1.85. The van der Waals surface area contributed by atoms with Crippen LogP contribution in [0.4, 0.5) is 15.8 Å². The molecule has 38 heavy (non-hydrogen) atoms. The van der Waals surface area contributed by atoms with Crippen LogP contribution in [0.2, 0.25) is 0 Å². The fourth-order valence-corrected chi connectivity index (χ4v) is 4.55. The number of carbonyl (C=O) groups is 1. The summed E-state index contributed by atoms with van der Waals surface area (Å²) in [7, 11) is 6.94. The molecule has 1 N–H and O–H groups in total. The Morgan fingerprint density at radius 3 is 2.47 bits per heavy atom. The zero-order chi connectivity index (χ0) is 27.8. The highest BCUT2D eigenvalue weighted by Gasteiger charge is 2.38. The number of anilines is 2. The number of likely N-dealkylation sites (N-methyl/N-ethyl adjacent to an activating group) is 1. The number of thiocarbonyl (C=S) groups is 1. The van der Waals surface area contributed by atoms with Crippen molar-refractivity contribution in [1.29, 1.82) is 0 Å². The number of carbonyl (C=O) groups excluding carboxylic acids is 1. The summed E-state index contributed by atoms with van der Waals surface area (Å²) in [4.78, 5) is 16.6. The van der Waals surface area contributed by atoms with Gasteiger partial charge in [0.25, 0.3) is 11.1 Å². The molecule has 0 saturated heterocycles. The molecule has 1 aliphatic heterocycles. The number of hydrogen-bond acceptors (Lipinski definition) is 6. The number of aryl methyl sites for hydroxylation is 1. The Morgan fingerprint density at radius 2 is 1.79 bits per heavy atom. The number of nitrogens with one attached hydrogen (secondary N) is 1.